The molecule has 33 heavy (non-hydrogen) atoms. The van der Waals surface area contributed by atoms with Crippen molar-refractivity contribution < 1.29 is 22.4 Å². The van der Waals surface area contributed by atoms with Crippen molar-refractivity contribution in [2.24, 2.45) is 4.99 Å². The van der Waals surface area contributed by atoms with Crippen LogP contribution < -0.4 is 10.6 Å². The van der Waals surface area contributed by atoms with Crippen LogP contribution in [0.1, 0.15) is 27.2 Å². The molecule has 2 aromatic carbocycles. The van der Waals surface area contributed by atoms with Crippen LogP contribution in [-0.2, 0) is 12.7 Å². The van der Waals surface area contributed by atoms with Crippen LogP contribution in [0.15, 0.2) is 53.5 Å². The quantitative estimate of drug-likeness (QED) is 0.275. The van der Waals surface area contributed by atoms with Gasteiger partial charge in [0.1, 0.15) is 11.5 Å². The van der Waals surface area contributed by atoms with Crippen molar-refractivity contribution in [1.29, 1.82) is 5.26 Å². The minimum absolute atomic E-state index is 0.0773. The van der Waals surface area contributed by atoms with Gasteiger partial charge in [-0.3, -0.25) is 15.2 Å². The number of guanidine groups is 1. The van der Waals surface area contributed by atoms with Gasteiger partial charge in [0.15, 0.2) is 5.82 Å². The molecule has 1 heterocycles. The largest absolute Gasteiger partial charge is 0.432 e. The molecule has 12 heteroatoms. The van der Waals surface area contributed by atoms with Crippen LogP contribution in [-0.4, -0.2) is 22.1 Å². The fourth-order valence-corrected chi connectivity index (χ4v) is 2.77. The second-order valence-electron chi connectivity index (χ2n) is 6.51. The lowest BCUT2D eigenvalue weighted by atomic mass is 10.1. The molecule has 0 saturated heterocycles. The maximum atomic E-state index is 13.2. The fourth-order valence-electron chi connectivity index (χ4n) is 2.54. The molecule has 0 radical (unpaired) electrons. The average Bonchev–Trinajstić information content (AvgIpc) is 3.23. The Labute approximate surface area is 191 Å². The number of nitriles is 1. The number of aromatic nitrogens is 2. The standard InChI is InChI=1S/C20H16ClF4N5O.CHN/c1-11-3-2-4-12(7-11)18(31)28-19(26-10-13-5-6-14(22)8-15(13)21)27-17-9-16(29-30-17)20(23,24)25;1-2/h2-9H,10H2,1H3,(H3,26,27,28,29,30,31);1H. The smallest absolute Gasteiger partial charge is 0.309 e. The first-order valence-electron chi connectivity index (χ1n) is 9.13. The van der Waals surface area contributed by atoms with Gasteiger partial charge in [0.25, 0.3) is 5.91 Å². The van der Waals surface area contributed by atoms with E-state index in [4.69, 9.17) is 16.9 Å². The molecule has 3 rings (SSSR count). The number of nitrogens with one attached hydrogen (secondary N) is 3. The number of rotatable bonds is 4. The van der Waals surface area contributed by atoms with Gasteiger partial charge in [-0.2, -0.15) is 18.3 Å². The van der Waals surface area contributed by atoms with Crippen molar-refractivity contribution in [3.8, 4) is 6.57 Å². The number of alkyl halides is 3. The molecular formula is C21H17ClF4N6O. The summed E-state index contributed by atoms with van der Waals surface area (Å²) in [5, 5.41) is 17.1. The van der Waals surface area contributed by atoms with E-state index in [-0.39, 0.29) is 23.3 Å². The molecule has 172 valence electrons. The number of carbonyl (C=O) groups is 1. The van der Waals surface area contributed by atoms with Gasteiger partial charge in [-0.15, -0.1) is 0 Å². The van der Waals surface area contributed by atoms with E-state index in [1.54, 1.807) is 18.2 Å². The maximum Gasteiger partial charge on any atom is 0.432 e. The highest BCUT2D eigenvalue weighted by atomic mass is 35.5. The molecule has 3 aromatic rings. The number of amides is 1. The zero-order chi connectivity index (χ0) is 24.6. The van der Waals surface area contributed by atoms with Crippen molar-refractivity contribution in [1.82, 2.24) is 15.5 Å². The van der Waals surface area contributed by atoms with Crippen molar-refractivity contribution in [3.05, 3.63) is 81.8 Å². The summed E-state index contributed by atoms with van der Waals surface area (Å²) in [6, 6.07) is 11.2. The van der Waals surface area contributed by atoms with Crippen LogP contribution in [0.3, 0.4) is 0 Å². The first-order valence-corrected chi connectivity index (χ1v) is 9.51. The Morgan fingerprint density at radius 3 is 2.55 bits per heavy atom. The maximum absolute atomic E-state index is 13.2. The molecule has 0 aliphatic heterocycles. The first kappa shape index (κ1) is 25.4. The number of H-pyrrole nitrogens is 1. The predicted molar refractivity (Wildman–Crippen MR) is 115 cm³/mol. The minimum Gasteiger partial charge on any atom is -0.309 e. The Hall–Kier alpha value is -3.91. The number of benzene rings is 2. The van der Waals surface area contributed by atoms with Crippen molar-refractivity contribution in [3.63, 3.8) is 0 Å². The van der Waals surface area contributed by atoms with E-state index in [2.05, 4.69) is 27.3 Å². The summed E-state index contributed by atoms with van der Waals surface area (Å²) in [7, 11) is 0. The van der Waals surface area contributed by atoms with Crippen LogP contribution in [0.2, 0.25) is 5.02 Å². The Morgan fingerprint density at radius 1 is 1.21 bits per heavy atom. The van der Waals surface area contributed by atoms with E-state index in [9.17, 15) is 22.4 Å². The molecule has 0 unspecified atom stereocenters. The number of nitrogens with zero attached hydrogens (tertiary/aromatic N) is 3. The van der Waals surface area contributed by atoms with Gasteiger partial charge in [0, 0.05) is 23.2 Å². The number of hydrogen-bond donors (Lipinski definition) is 3. The molecular weight excluding hydrogens is 464 g/mol. The average molecular weight is 481 g/mol. The van der Waals surface area contributed by atoms with E-state index in [0.29, 0.717) is 11.1 Å². The number of aliphatic imine (C=N–C) groups is 1. The van der Waals surface area contributed by atoms with Gasteiger partial charge in [0.05, 0.1) is 6.54 Å². The number of anilines is 1. The molecule has 0 bridgehead atoms. The van der Waals surface area contributed by atoms with Gasteiger partial charge in [-0.25, -0.2) is 14.6 Å². The second-order valence-corrected chi connectivity index (χ2v) is 6.92. The Kier molecular flexibility index (Phi) is 8.53. The van der Waals surface area contributed by atoms with Gasteiger partial charge in [-0.05, 0) is 36.8 Å². The third kappa shape index (κ3) is 7.33. The summed E-state index contributed by atoms with van der Waals surface area (Å²) in [4.78, 5) is 16.7. The van der Waals surface area contributed by atoms with E-state index in [1.165, 1.54) is 12.1 Å². The van der Waals surface area contributed by atoms with Crippen LogP contribution in [0, 0.1) is 24.6 Å². The summed E-state index contributed by atoms with van der Waals surface area (Å²) in [5.41, 5.74) is 0.553. The normalized spacial score (nSPS) is 11.3. The number of aryl methyl sites for hydroxylation is 1. The lowest BCUT2D eigenvalue weighted by Crippen LogP contribution is -2.36. The summed E-state index contributed by atoms with van der Waals surface area (Å²) >= 11 is 5.99. The number of halogens is 5. The third-order valence-electron chi connectivity index (χ3n) is 4.06. The van der Waals surface area contributed by atoms with Crippen LogP contribution >= 0.6 is 11.6 Å². The zero-order valence-corrected chi connectivity index (χ0v) is 17.8. The van der Waals surface area contributed by atoms with Crippen LogP contribution in [0.4, 0.5) is 23.4 Å². The summed E-state index contributed by atoms with van der Waals surface area (Å²) in [6.07, 6.45) is -4.61. The monoisotopic (exact) mass is 480 g/mol. The molecule has 0 spiro atoms. The Morgan fingerprint density at radius 2 is 1.94 bits per heavy atom. The lowest BCUT2D eigenvalue weighted by Gasteiger charge is -2.11. The fraction of sp³-hybridized carbons (Fsp3) is 0.143. The highest BCUT2D eigenvalue weighted by molar-refractivity contribution is 6.31. The topological polar surface area (TPSA) is 106 Å². The third-order valence-corrected chi connectivity index (χ3v) is 4.42. The molecule has 7 nitrogen and oxygen atoms in total. The summed E-state index contributed by atoms with van der Waals surface area (Å²) in [5.74, 6) is -1.43. The van der Waals surface area contributed by atoms with Gasteiger partial charge in [0.2, 0.25) is 5.96 Å². The van der Waals surface area contributed by atoms with Gasteiger partial charge >= 0.3 is 6.18 Å². The summed E-state index contributed by atoms with van der Waals surface area (Å²) < 4.78 is 51.7. The molecule has 0 fully saturated rings. The Bertz CT molecular complexity index is 1170. The van der Waals surface area contributed by atoms with Crippen LogP contribution in [0.5, 0.6) is 0 Å². The predicted octanol–water partition coefficient (Wildman–Crippen LogP) is 5.07. The Balaban J connectivity index is 0.00000187. The highest BCUT2D eigenvalue weighted by Crippen LogP contribution is 2.28. The second kappa shape index (κ2) is 11.1. The van der Waals surface area contributed by atoms with Crippen molar-refractivity contribution >= 4 is 29.3 Å². The molecule has 1 amide bonds. The van der Waals surface area contributed by atoms with Gasteiger partial charge < -0.3 is 5.32 Å². The van der Waals surface area contributed by atoms with E-state index in [1.807, 2.05) is 18.1 Å². The number of hydrogen-bond acceptors (Lipinski definition) is 4. The van der Waals surface area contributed by atoms with Crippen molar-refractivity contribution in [2.45, 2.75) is 19.6 Å². The number of carbonyl (C=O) groups excluding carboxylic acids is 1. The molecule has 0 saturated carbocycles. The summed E-state index contributed by atoms with van der Waals surface area (Å²) in [6.45, 7) is 5.23. The zero-order valence-electron chi connectivity index (χ0n) is 17.0. The molecule has 1 aromatic heterocycles. The highest BCUT2D eigenvalue weighted by Gasteiger charge is 2.33. The number of aromatic amines is 1. The van der Waals surface area contributed by atoms with Crippen molar-refractivity contribution in [2.75, 3.05) is 5.32 Å². The molecule has 0 aliphatic rings. The SMILES string of the molecule is C#N.Cc1cccc(C(=O)NC(=NCc2ccc(F)cc2Cl)Nc2cc(C(F)(F)F)[nH]n2)c1. The minimum atomic E-state index is -4.61. The molecule has 0 atom stereocenters. The first-order chi connectivity index (χ1) is 15.6. The lowest BCUT2D eigenvalue weighted by molar-refractivity contribution is -0.141. The van der Waals surface area contributed by atoms with Gasteiger partial charge in [-0.1, -0.05) is 35.4 Å². The van der Waals surface area contributed by atoms with E-state index in [0.717, 1.165) is 17.7 Å². The molecule has 3 N–H and O–H groups in total. The van der Waals surface area contributed by atoms with Crippen LogP contribution in [0.25, 0.3) is 0 Å². The van der Waals surface area contributed by atoms with E-state index >= 15 is 0 Å². The van der Waals surface area contributed by atoms with E-state index < -0.39 is 23.6 Å². The molecule has 0 aliphatic carbocycles.